The Hall–Kier alpha value is -0.970. The molecule has 0 aliphatic carbocycles. The fourth-order valence-corrected chi connectivity index (χ4v) is 4.03. The highest BCUT2D eigenvalue weighted by molar-refractivity contribution is 8.00. The summed E-state index contributed by atoms with van der Waals surface area (Å²) in [6, 6.07) is 8.64. The first-order chi connectivity index (χ1) is 9.28. The Balaban J connectivity index is 1.75. The summed E-state index contributed by atoms with van der Waals surface area (Å²) < 4.78 is 2.22. The zero-order valence-electron chi connectivity index (χ0n) is 11.5. The van der Waals surface area contributed by atoms with Crippen molar-refractivity contribution in [3.8, 4) is 0 Å². The van der Waals surface area contributed by atoms with E-state index in [4.69, 9.17) is 4.84 Å². The highest BCUT2D eigenvalue weighted by Crippen LogP contribution is 2.35. The largest absolute Gasteiger partial charge is 0.349 e. The minimum atomic E-state index is 0.706. The second-order valence-corrected chi connectivity index (χ2v) is 6.39. The third-order valence-corrected chi connectivity index (χ3v) is 5.20. The van der Waals surface area contributed by atoms with Crippen LogP contribution >= 0.6 is 11.8 Å². The molecule has 1 aliphatic rings. The van der Waals surface area contributed by atoms with Gasteiger partial charge < -0.3 is 9.40 Å². The quantitative estimate of drug-likeness (QED) is 0.856. The maximum absolute atomic E-state index is 5.28. The van der Waals surface area contributed by atoms with E-state index in [1.165, 1.54) is 28.6 Å². The Bertz CT molecular complexity index is 558. The summed E-state index contributed by atoms with van der Waals surface area (Å²) in [5, 5.41) is 4.14. The molecule has 2 aromatic rings. The lowest BCUT2D eigenvalue weighted by atomic mass is 10.1. The summed E-state index contributed by atoms with van der Waals surface area (Å²) in [6.45, 7) is 2.08. The van der Waals surface area contributed by atoms with Gasteiger partial charge in [0.05, 0.1) is 7.11 Å². The fraction of sp³-hybridized carbons (Fsp3) is 0.467. The molecule has 1 aliphatic heterocycles. The van der Waals surface area contributed by atoms with E-state index in [-0.39, 0.29) is 0 Å². The van der Waals surface area contributed by atoms with E-state index in [9.17, 15) is 0 Å². The van der Waals surface area contributed by atoms with Gasteiger partial charge in [0, 0.05) is 47.4 Å². The summed E-state index contributed by atoms with van der Waals surface area (Å²) in [4.78, 5) is 6.70. The van der Waals surface area contributed by atoms with Gasteiger partial charge in [0.15, 0.2) is 0 Å². The first kappa shape index (κ1) is 13.0. The van der Waals surface area contributed by atoms with E-state index in [1.54, 1.807) is 7.11 Å². The highest BCUT2D eigenvalue weighted by Gasteiger charge is 2.21. The fourth-order valence-electron chi connectivity index (χ4n) is 2.71. The molecular weight excluding hydrogens is 256 g/mol. The van der Waals surface area contributed by atoms with Crippen molar-refractivity contribution in [2.24, 2.45) is 7.05 Å². The molecule has 0 saturated carbocycles. The molecule has 1 saturated heterocycles. The molecule has 4 heteroatoms. The molecule has 19 heavy (non-hydrogen) atoms. The van der Waals surface area contributed by atoms with Crippen LogP contribution in [0.15, 0.2) is 35.4 Å². The molecule has 0 radical (unpaired) electrons. The van der Waals surface area contributed by atoms with E-state index in [0.717, 1.165) is 13.1 Å². The molecule has 0 N–H and O–H groups in total. The van der Waals surface area contributed by atoms with Crippen LogP contribution in [0.4, 0.5) is 0 Å². The van der Waals surface area contributed by atoms with Gasteiger partial charge in [-0.15, -0.1) is 11.8 Å². The van der Waals surface area contributed by atoms with Crippen LogP contribution in [-0.2, 0) is 11.9 Å². The Morgan fingerprint density at radius 2 is 1.95 bits per heavy atom. The van der Waals surface area contributed by atoms with Crippen molar-refractivity contribution in [3.63, 3.8) is 0 Å². The van der Waals surface area contributed by atoms with Crippen LogP contribution in [0.3, 0.4) is 0 Å². The molecule has 0 spiro atoms. The number of aryl methyl sites for hydroxylation is 1. The third-order valence-electron chi connectivity index (χ3n) is 3.81. The number of piperidine rings is 1. The van der Waals surface area contributed by atoms with Gasteiger partial charge in [0.1, 0.15) is 0 Å². The van der Waals surface area contributed by atoms with Gasteiger partial charge in [-0.05, 0) is 18.9 Å². The Kier molecular flexibility index (Phi) is 3.82. The van der Waals surface area contributed by atoms with E-state index in [0.29, 0.717) is 5.25 Å². The van der Waals surface area contributed by atoms with Gasteiger partial charge in [-0.1, -0.05) is 18.2 Å². The first-order valence-electron chi connectivity index (χ1n) is 6.77. The number of hydroxylamine groups is 2. The number of nitrogens with zero attached hydrogens (tertiary/aromatic N) is 2. The molecule has 0 unspecified atom stereocenters. The number of benzene rings is 1. The van der Waals surface area contributed by atoms with Crippen LogP contribution in [0, 0.1) is 0 Å². The molecule has 1 aromatic carbocycles. The Morgan fingerprint density at radius 1 is 1.21 bits per heavy atom. The second kappa shape index (κ2) is 5.57. The number of hydrogen-bond acceptors (Lipinski definition) is 3. The van der Waals surface area contributed by atoms with Crippen LogP contribution < -0.4 is 0 Å². The van der Waals surface area contributed by atoms with E-state index >= 15 is 0 Å². The van der Waals surface area contributed by atoms with Gasteiger partial charge in [0.25, 0.3) is 0 Å². The standard InChI is InChI=1S/C15H20N2OS/c1-16-11-15(13-5-3-4-6-14(13)16)19-12-7-9-17(18-2)10-8-12/h3-6,11-12H,7-10H2,1-2H3. The van der Waals surface area contributed by atoms with Gasteiger partial charge in [-0.3, -0.25) is 0 Å². The van der Waals surface area contributed by atoms with Crippen LogP contribution in [0.2, 0.25) is 0 Å². The van der Waals surface area contributed by atoms with Crippen molar-refractivity contribution in [1.29, 1.82) is 0 Å². The summed E-state index contributed by atoms with van der Waals surface area (Å²) in [7, 11) is 3.89. The lowest BCUT2D eigenvalue weighted by Crippen LogP contribution is -2.33. The summed E-state index contributed by atoms with van der Waals surface area (Å²) in [5.74, 6) is 0. The molecule has 1 fully saturated rings. The normalized spacial score (nSPS) is 18.2. The van der Waals surface area contributed by atoms with Crippen LogP contribution in [-0.4, -0.2) is 35.1 Å². The lowest BCUT2D eigenvalue weighted by molar-refractivity contribution is -0.140. The second-order valence-electron chi connectivity index (χ2n) is 5.05. The van der Waals surface area contributed by atoms with Crippen molar-refractivity contribution >= 4 is 22.7 Å². The van der Waals surface area contributed by atoms with Crippen LogP contribution in [0.25, 0.3) is 10.9 Å². The molecule has 102 valence electrons. The van der Waals surface area contributed by atoms with Gasteiger partial charge in [-0.25, -0.2) is 0 Å². The highest BCUT2D eigenvalue weighted by atomic mass is 32.2. The zero-order chi connectivity index (χ0) is 13.2. The van der Waals surface area contributed by atoms with Gasteiger partial charge >= 0.3 is 0 Å². The van der Waals surface area contributed by atoms with Crippen molar-refractivity contribution < 1.29 is 4.84 Å². The average molecular weight is 276 g/mol. The molecule has 0 atom stereocenters. The lowest BCUT2D eigenvalue weighted by Gasteiger charge is -2.29. The van der Waals surface area contributed by atoms with Crippen molar-refractivity contribution in [2.75, 3.05) is 20.2 Å². The molecule has 3 rings (SSSR count). The third kappa shape index (κ3) is 2.66. The minimum Gasteiger partial charge on any atom is -0.349 e. The van der Waals surface area contributed by atoms with Gasteiger partial charge in [0.2, 0.25) is 0 Å². The summed E-state index contributed by atoms with van der Waals surface area (Å²) in [5.41, 5.74) is 1.32. The SMILES string of the molecule is CON1CCC(Sc2cn(C)c3ccccc23)CC1. The monoisotopic (exact) mass is 276 g/mol. The topological polar surface area (TPSA) is 17.4 Å². The predicted octanol–water partition coefficient (Wildman–Crippen LogP) is 3.30. The number of para-hydroxylation sites is 1. The molecule has 2 heterocycles. The predicted molar refractivity (Wildman–Crippen MR) is 80.4 cm³/mol. The molecule has 0 amide bonds. The Labute approximate surface area is 118 Å². The first-order valence-corrected chi connectivity index (χ1v) is 7.65. The van der Waals surface area contributed by atoms with Crippen LogP contribution in [0.5, 0.6) is 0 Å². The minimum absolute atomic E-state index is 0.706. The molecular formula is C15H20N2OS. The number of hydrogen-bond donors (Lipinski definition) is 0. The molecule has 1 aromatic heterocycles. The van der Waals surface area contributed by atoms with Crippen molar-refractivity contribution in [1.82, 2.24) is 9.63 Å². The Morgan fingerprint density at radius 3 is 2.68 bits per heavy atom. The molecule has 0 bridgehead atoms. The average Bonchev–Trinajstić information content (AvgIpc) is 2.77. The van der Waals surface area contributed by atoms with E-state index in [2.05, 4.69) is 47.1 Å². The van der Waals surface area contributed by atoms with E-state index in [1.807, 2.05) is 11.8 Å². The van der Waals surface area contributed by atoms with Crippen LogP contribution in [0.1, 0.15) is 12.8 Å². The van der Waals surface area contributed by atoms with Crippen molar-refractivity contribution in [2.45, 2.75) is 23.0 Å². The van der Waals surface area contributed by atoms with Gasteiger partial charge in [-0.2, -0.15) is 5.06 Å². The number of aromatic nitrogens is 1. The number of fused-ring (bicyclic) bond motifs is 1. The van der Waals surface area contributed by atoms with E-state index < -0.39 is 0 Å². The maximum Gasteiger partial charge on any atom is 0.0575 e. The molecule has 3 nitrogen and oxygen atoms in total. The number of thioether (sulfide) groups is 1. The summed E-state index contributed by atoms with van der Waals surface area (Å²) in [6.07, 6.45) is 4.65. The smallest absolute Gasteiger partial charge is 0.0575 e. The summed E-state index contributed by atoms with van der Waals surface area (Å²) >= 11 is 2.02. The maximum atomic E-state index is 5.28. The number of rotatable bonds is 3. The zero-order valence-corrected chi connectivity index (χ0v) is 12.3. The van der Waals surface area contributed by atoms with Crippen molar-refractivity contribution in [3.05, 3.63) is 30.5 Å².